The number of nitrogens with zero attached hydrogens (tertiary/aromatic N) is 2. The number of hydrogen-bond donors (Lipinski definition) is 3. The molecular weight excluding hydrogens is 470 g/mol. The minimum atomic E-state index is -3.71. The fourth-order valence-corrected chi connectivity index (χ4v) is 6.62. The number of pyridine rings is 2. The van der Waals surface area contributed by atoms with Gasteiger partial charge in [0.05, 0.1) is 0 Å². The average molecular weight is 496 g/mol. The summed E-state index contributed by atoms with van der Waals surface area (Å²) < 4.78 is 24.8. The van der Waals surface area contributed by atoms with E-state index in [0.29, 0.717) is 11.0 Å². The van der Waals surface area contributed by atoms with Gasteiger partial charge in [0.1, 0.15) is 21.9 Å². The van der Waals surface area contributed by atoms with Crippen LogP contribution in [0.1, 0.15) is 36.5 Å². The lowest BCUT2D eigenvalue weighted by Crippen LogP contribution is -2.34. The summed E-state index contributed by atoms with van der Waals surface area (Å²) in [4.78, 5) is 12.0. The molecule has 1 atom stereocenters. The van der Waals surface area contributed by atoms with E-state index in [1.807, 2.05) is 60.8 Å². The van der Waals surface area contributed by atoms with Crippen molar-refractivity contribution < 1.29 is 8.42 Å². The maximum atomic E-state index is 12.4. The lowest BCUT2D eigenvalue weighted by Gasteiger charge is -2.33. The largest absolute Gasteiger partial charge is 0.367 e. The van der Waals surface area contributed by atoms with Gasteiger partial charge in [-0.05, 0) is 67.0 Å². The number of rotatable bonds is 6. The number of anilines is 1. The van der Waals surface area contributed by atoms with Crippen LogP contribution < -0.4 is 10.5 Å². The van der Waals surface area contributed by atoms with Gasteiger partial charge in [-0.2, -0.15) is 0 Å². The molecule has 0 bridgehead atoms. The van der Waals surface area contributed by atoms with E-state index in [1.165, 1.54) is 0 Å². The second-order valence-electron chi connectivity index (χ2n) is 8.84. The second kappa shape index (κ2) is 9.37. The maximum absolute atomic E-state index is 12.4. The fraction of sp³-hybridized carbons (Fsp3) is 0.280. The summed E-state index contributed by atoms with van der Waals surface area (Å²) in [5, 5.41) is 9.90. The van der Waals surface area contributed by atoms with Gasteiger partial charge in [-0.3, -0.25) is 0 Å². The summed E-state index contributed by atoms with van der Waals surface area (Å²) in [6.45, 7) is 0. The molecule has 1 aromatic carbocycles. The molecule has 0 amide bonds. The zero-order valence-corrected chi connectivity index (χ0v) is 20.1. The van der Waals surface area contributed by atoms with Crippen LogP contribution in [0.25, 0.3) is 22.2 Å². The monoisotopic (exact) mass is 495 g/mol. The number of nitrogens with one attached hydrogen (secondary N) is 2. The molecule has 34 heavy (non-hydrogen) atoms. The molecule has 5 rings (SSSR count). The lowest BCUT2D eigenvalue weighted by atomic mass is 9.82. The van der Waals surface area contributed by atoms with E-state index in [-0.39, 0.29) is 12.0 Å². The highest BCUT2D eigenvalue weighted by Gasteiger charge is 2.35. The van der Waals surface area contributed by atoms with Gasteiger partial charge in [0.2, 0.25) is 10.0 Å². The van der Waals surface area contributed by atoms with Crippen LogP contribution in [0.5, 0.6) is 0 Å². The van der Waals surface area contributed by atoms with Crippen LogP contribution in [0.3, 0.4) is 0 Å². The third-order valence-electron chi connectivity index (χ3n) is 6.59. The topological polar surface area (TPSA) is 114 Å². The van der Waals surface area contributed by atoms with Gasteiger partial charge in [0.25, 0.3) is 0 Å². The van der Waals surface area contributed by atoms with Crippen molar-refractivity contribution in [2.45, 2.75) is 37.0 Å². The first-order valence-corrected chi connectivity index (χ1v) is 13.3. The third-order valence-corrected chi connectivity index (χ3v) is 8.15. The molecule has 3 aromatic heterocycles. The molecule has 9 heteroatoms. The normalized spacial score (nSPS) is 19.7. The van der Waals surface area contributed by atoms with E-state index in [9.17, 15) is 8.42 Å². The van der Waals surface area contributed by atoms with Crippen molar-refractivity contribution in [1.82, 2.24) is 15.0 Å². The Bertz CT molecular complexity index is 1400. The Hall–Kier alpha value is -2.94. The molecule has 1 saturated carbocycles. The summed E-state index contributed by atoms with van der Waals surface area (Å²) in [6, 6.07) is 17.2. The summed E-state index contributed by atoms with van der Waals surface area (Å²) in [6.07, 6.45) is 6.84. The third kappa shape index (κ3) is 4.80. The Balaban J connectivity index is 1.31. The van der Waals surface area contributed by atoms with Crippen LogP contribution in [-0.2, 0) is 10.0 Å². The van der Waals surface area contributed by atoms with Crippen molar-refractivity contribution in [2.24, 2.45) is 11.1 Å². The first kappa shape index (κ1) is 22.8. The average Bonchev–Trinajstić information content (AvgIpc) is 3.24. The summed E-state index contributed by atoms with van der Waals surface area (Å²) in [7, 11) is -3.71. The fourth-order valence-electron chi connectivity index (χ4n) is 5.07. The van der Waals surface area contributed by atoms with E-state index < -0.39 is 15.3 Å². The molecule has 0 radical (unpaired) electrons. The van der Waals surface area contributed by atoms with Gasteiger partial charge in [-0.15, -0.1) is 0 Å². The van der Waals surface area contributed by atoms with Crippen molar-refractivity contribution in [3.05, 3.63) is 77.7 Å². The van der Waals surface area contributed by atoms with E-state index in [4.69, 9.17) is 16.7 Å². The highest BCUT2D eigenvalue weighted by Crippen LogP contribution is 2.39. The molecule has 0 spiro atoms. The number of aromatic nitrogens is 3. The van der Waals surface area contributed by atoms with E-state index >= 15 is 0 Å². The predicted octanol–water partition coefficient (Wildman–Crippen LogP) is 5.28. The molecule has 0 saturated heterocycles. The Labute approximate surface area is 203 Å². The lowest BCUT2D eigenvalue weighted by molar-refractivity contribution is 0.324. The minimum Gasteiger partial charge on any atom is -0.367 e. The molecule has 1 unspecified atom stereocenters. The Morgan fingerprint density at radius 3 is 2.56 bits per heavy atom. The summed E-state index contributed by atoms with van der Waals surface area (Å²) in [5.41, 5.74) is 3.55. The quantitative estimate of drug-likeness (QED) is 0.315. The maximum Gasteiger partial charge on any atom is 0.216 e. The Morgan fingerprint density at radius 1 is 1.06 bits per heavy atom. The SMILES string of the molecule is NS(=O)(=O)C(c1ccccc1)C1CCC(Nc2cc(-c3c[nH]c4ncccc34)cc(Cl)n2)CC1. The minimum absolute atomic E-state index is 0.0166. The first-order chi connectivity index (χ1) is 16.4. The molecule has 7 nitrogen and oxygen atoms in total. The molecular formula is C25H26ClN5O2S. The number of hydrogen-bond acceptors (Lipinski definition) is 5. The van der Waals surface area contributed by atoms with E-state index in [0.717, 1.165) is 53.4 Å². The van der Waals surface area contributed by atoms with Crippen molar-refractivity contribution in [1.29, 1.82) is 0 Å². The standard InChI is InChI=1S/C25H26ClN5O2S/c26-22-13-18(21-15-29-25-20(21)7-4-12-28-25)14-23(31-22)30-19-10-8-17(9-11-19)24(34(27,32)33)16-5-2-1-3-6-16/h1-7,12-15,17,19,24H,8-11H2,(H,28,29)(H,30,31)(H2,27,32,33). The summed E-state index contributed by atoms with van der Waals surface area (Å²) >= 11 is 6.36. The van der Waals surface area contributed by atoms with Gasteiger partial charge in [0, 0.05) is 29.4 Å². The van der Waals surface area contributed by atoms with Crippen LogP contribution in [-0.4, -0.2) is 29.4 Å². The Morgan fingerprint density at radius 2 is 1.82 bits per heavy atom. The van der Waals surface area contributed by atoms with Crippen LogP contribution in [0.15, 0.2) is 67.0 Å². The molecule has 1 aliphatic rings. The van der Waals surface area contributed by atoms with Crippen LogP contribution in [0, 0.1) is 5.92 Å². The zero-order valence-electron chi connectivity index (χ0n) is 18.5. The number of primary sulfonamides is 1. The van der Waals surface area contributed by atoms with Crippen molar-refractivity contribution in [3.63, 3.8) is 0 Å². The molecule has 176 valence electrons. The predicted molar refractivity (Wildman–Crippen MR) is 136 cm³/mol. The smallest absolute Gasteiger partial charge is 0.216 e. The second-order valence-corrected chi connectivity index (χ2v) is 10.9. The molecule has 0 aliphatic heterocycles. The first-order valence-electron chi connectivity index (χ1n) is 11.3. The summed E-state index contributed by atoms with van der Waals surface area (Å²) in [5.74, 6) is 0.687. The van der Waals surface area contributed by atoms with Crippen LogP contribution in [0.2, 0.25) is 5.15 Å². The van der Waals surface area contributed by atoms with Crippen molar-refractivity contribution >= 4 is 38.5 Å². The zero-order chi connectivity index (χ0) is 23.7. The number of sulfonamides is 1. The number of fused-ring (bicyclic) bond motifs is 1. The van der Waals surface area contributed by atoms with Gasteiger partial charge in [-0.25, -0.2) is 23.5 Å². The molecule has 1 fully saturated rings. The van der Waals surface area contributed by atoms with Gasteiger partial charge >= 0.3 is 0 Å². The number of benzene rings is 1. The van der Waals surface area contributed by atoms with Crippen molar-refractivity contribution in [2.75, 3.05) is 5.32 Å². The van der Waals surface area contributed by atoms with E-state index in [1.54, 1.807) is 6.20 Å². The molecule has 1 aliphatic carbocycles. The molecule has 4 N–H and O–H groups in total. The number of H-pyrrole nitrogens is 1. The van der Waals surface area contributed by atoms with Crippen LogP contribution >= 0.6 is 11.6 Å². The number of aromatic amines is 1. The highest BCUT2D eigenvalue weighted by atomic mass is 35.5. The van der Waals surface area contributed by atoms with Gasteiger partial charge in [0.15, 0.2) is 0 Å². The molecule has 4 aromatic rings. The highest BCUT2D eigenvalue weighted by molar-refractivity contribution is 7.89. The van der Waals surface area contributed by atoms with Gasteiger partial charge in [-0.1, -0.05) is 41.9 Å². The van der Waals surface area contributed by atoms with Gasteiger partial charge < -0.3 is 10.3 Å². The number of nitrogens with two attached hydrogens (primary N) is 1. The van der Waals surface area contributed by atoms with Crippen LogP contribution in [0.4, 0.5) is 5.82 Å². The van der Waals surface area contributed by atoms with Crippen molar-refractivity contribution in [3.8, 4) is 11.1 Å². The Kier molecular flexibility index (Phi) is 6.29. The number of halogens is 1. The molecule has 3 heterocycles. The van der Waals surface area contributed by atoms with E-state index in [2.05, 4.69) is 20.3 Å².